The van der Waals surface area contributed by atoms with Gasteiger partial charge in [-0.05, 0) is 61.4 Å². The van der Waals surface area contributed by atoms with E-state index in [-0.39, 0.29) is 5.70 Å². The topological polar surface area (TPSA) is 94.1 Å². The number of primary amides is 1. The molecular weight excluding hydrogens is 378 g/mol. The largest absolute Gasteiger partial charge is 0.422 e. The average molecular weight is 395 g/mol. The lowest BCUT2D eigenvalue weighted by Crippen LogP contribution is -2.18. The van der Waals surface area contributed by atoms with E-state index in [1.165, 1.54) is 24.3 Å². The van der Waals surface area contributed by atoms with Gasteiger partial charge in [0.05, 0.1) is 16.4 Å². The number of rotatable bonds is 3. The van der Waals surface area contributed by atoms with Gasteiger partial charge in [0.25, 0.3) is 0 Å². The third-order valence-electron chi connectivity index (χ3n) is 5.45. The Balaban J connectivity index is 1.52. The fourth-order valence-electron chi connectivity index (χ4n) is 3.98. The van der Waals surface area contributed by atoms with Gasteiger partial charge in [0.15, 0.2) is 5.70 Å². The maximum atomic E-state index is 12.8. The minimum absolute atomic E-state index is 0.268. The van der Waals surface area contributed by atoms with Crippen LogP contribution in [0.4, 0.5) is 5.69 Å². The summed E-state index contributed by atoms with van der Waals surface area (Å²) < 4.78 is 5.47. The Hall–Kier alpha value is -4.06. The van der Waals surface area contributed by atoms with Gasteiger partial charge >= 0.3 is 5.97 Å². The van der Waals surface area contributed by atoms with Crippen molar-refractivity contribution in [3.05, 3.63) is 87.7 Å². The molecule has 0 unspecified atom stereocenters. The first kappa shape index (κ1) is 18.0. The molecule has 30 heavy (non-hydrogen) atoms. The predicted molar refractivity (Wildman–Crippen MR) is 112 cm³/mol. The smallest absolute Gasteiger partial charge is 0.362 e. The number of allylic oxidation sites excluding steroid dienone is 1. The summed E-state index contributed by atoms with van der Waals surface area (Å²) in [6, 6.07) is 16.1. The first-order valence-electron chi connectivity index (χ1n) is 9.48. The number of ether oxygens (including phenoxy) is 1. The summed E-state index contributed by atoms with van der Waals surface area (Å²) in [6.45, 7) is 3.87. The van der Waals surface area contributed by atoms with Crippen molar-refractivity contribution in [2.75, 3.05) is 0 Å². The van der Waals surface area contributed by atoms with Crippen molar-refractivity contribution in [3.63, 3.8) is 0 Å². The second-order valence-corrected chi connectivity index (χ2v) is 7.28. The molecule has 146 valence electrons. The van der Waals surface area contributed by atoms with E-state index in [1.54, 1.807) is 0 Å². The second kappa shape index (κ2) is 6.49. The molecule has 0 fully saturated rings. The molecule has 0 saturated heterocycles. The number of hydrogen-bond acceptors (Lipinski definition) is 5. The first-order chi connectivity index (χ1) is 14.4. The Bertz CT molecular complexity index is 1420. The Morgan fingerprint density at radius 3 is 2.40 bits per heavy atom. The highest BCUT2D eigenvalue weighted by Crippen LogP contribution is 2.34. The summed E-state index contributed by atoms with van der Waals surface area (Å²) >= 11 is 0. The van der Waals surface area contributed by atoms with Gasteiger partial charge in [0, 0.05) is 22.3 Å². The number of benzene rings is 3. The van der Waals surface area contributed by atoms with Gasteiger partial charge < -0.3 is 10.5 Å². The predicted octanol–water partition coefficient (Wildman–Crippen LogP) is 3.00. The summed E-state index contributed by atoms with van der Waals surface area (Å²) in [5.41, 5.74) is 11.6. The molecule has 2 heterocycles. The number of esters is 1. The minimum atomic E-state index is -0.549. The number of nitrogens with zero attached hydrogens (tertiary/aromatic N) is 2. The van der Waals surface area contributed by atoms with E-state index in [0.29, 0.717) is 11.3 Å². The van der Waals surface area contributed by atoms with E-state index in [2.05, 4.69) is 4.99 Å². The lowest BCUT2D eigenvalue weighted by atomic mass is 9.96. The molecule has 6 nitrogen and oxygen atoms in total. The van der Waals surface area contributed by atoms with Crippen LogP contribution in [-0.2, 0) is 4.79 Å². The highest BCUT2D eigenvalue weighted by Gasteiger charge is 2.26. The standard InChI is InChI=1S/C24H17N3O3/c1-12-20-13(2)22(24(29)30-15-9-7-14(8-10-15)23(25)28)27-19(20)11-17-16-5-3-4-6-18(16)26-21(12)17/h3-11H,1-2H3,(H2,25,28). The fraction of sp³-hybridized carbons (Fsp3) is 0.0833. The summed E-state index contributed by atoms with van der Waals surface area (Å²) in [5, 5.41) is 1.66. The maximum absolute atomic E-state index is 12.8. The van der Waals surface area contributed by atoms with Crippen LogP contribution in [-0.4, -0.2) is 11.9 Å². The Kier molecular flexibility index (Phi) is 3.89. The van der Waals surface area contributed by atoms with Gasteiger partial charge in [-0.15, -0.1) is 0 Å². The van der Waals surface area contributed by atoms with Crippen LogP contribution in [0.3, 0.4) is 0 Å². The van der Waals surface area contributed by atoms with Crippen molar-refractivity contribution in [1.29, 1.82) is 0 Å². The maximum Gasteiger partial charge on any atom is 0.362 e. The molecule has 0 aromatic heterocycles. The van der Waals surface area contributed by atoms with Gasteiger partial charge in [-0.1, -0.05) is 18.2 Å². The molecule has 6 heteroatoms. The van der Waals surface area contributed by atoms with Crippen molar-refractivity contribution in [2.45, 2.75) is 13.8 Å². The number of carbonyl (C=O) groups is 2. The van der Waals surface area contributed by atoms with Crippen LogP contribution in [0.25, 0.3) is 16.7 Å². The number of hydrogen-bond donors (Lipinski definition) is 1. The van der Waals surface area contributed by atoms with Crippen LogP contribution in [0, 0.1) is 6.92 Å². The van der Waals surface area contributed by atoms with Crippen LogP contribution in [0.5, 0.6) is 5.75 Å². The molecule has 0 spiro atoms. The minimum Gasteiger partial charge on any atom is -0.422 e. The lowest BCUT2D eigenvalue weighted by molar-refractivity contribution is -0.130. The number of nitrogens with two attached hydrogens (primary N) is 1. The average Bonchev–Trinajstić information content (AvgIpc) is 3.27. The SMILES string of the molecule is CC1=C(C(=O)Oc2ccc(C(N)=O)cc2)N=c2cc3c(c(C)c21)=Nc1ccccc1-3. The lowest BCUT2D eigenvalue weighted by Gasteiger charge is -2.06. The van der Waals surface area contributed by atoms with Crippen molar-refractivity contribution < 1.29 is 14.3 Å². The molecule has 2 aliphatic heterocycles. The quantitative estimate of drug-likeness (QED) is 0.427. The zero-order valence-corrected chi connectivity index (χ0v) is 16.4. The molecule has 3 aromatic carbocycles. The zero-order chi connectivity index (χ0) is 21.0. The molecule has 0 saturated carbocycles. The molecular formula is C24H17N3O3. The van der Waals surface area contributed by atoms with E-state index in [1.807, 2.05) is 44.2 Å². The van der Waals surface area contributed by atoms with Gasteiger partial charge in [-0.3, -0.25) is 4.79 Å². The number of carbonyl (C=O) groups excluding carboxylic acids is 2. The molecule has 2 aliphatic rings. The highest BCUT2D eigenvalue weighted by molar-refractivity contribution is 6.00. The Morgan fingerprint density at radius 1 is 0.933 bits per heavy atom. The van der Waals surface area contributed by atoms with Crippen molar-refractivity contribution in [3.8, 4) is 16.9 Å². The number of amides is 1. The van der Waals surface area contributed by atoms with E-state index in [0.717, 1.165) is 44.2 Å². The summed E-state index contributed by atoms with van der Waals surface area (Å²) in [6.07, 6.45) is 0. The molecule has 2 N–H and O–H groups in total. The van der Waals surface area contributed by atoms with Crippen LogP contribution in [0.15, 0.2) is 70.3 Å². The van der Waals surface area contributed by atoms with Crippen LogP contribution < -0.4 is 21.2 Å². The normalized spacial score (nSPS) is 13.1. The fourth-order valence-corrected chi connectivity index (χ4v) is 3.98. The number of fused-ring (bicyclic) bond motifs is 4. The van der Waals surface area contributed by atoms with Gasteiger partial charge in [-0.2, -0.15) is 0 Å². The number of para-hydroxylation sites is 1. The van der Waals surface area contributed by atoms with E-state index < -0.39 is 11.9 Å². The van der Waals surface area contributed by atoms with Crippen molar-refractivity contribution >= 4 is 23.1 Å². The third kappa shape index (κ3) is 2.65. The molecule has 0 atom stereocenters. The van der Waals surface area contributed by atoms with Crippen molar-refractivity contribution in [2.24, 2.45) is 15.7 Å². The zero-order valence-electron chi connectivity index (χ0n) is 16.4. The molecule has 3 aromatic rings. The van der Waals surface area contributed by atoms with E-state index in [9.17, 15) is 9.59 Å². The van der Waals surface area contributed by atoms with Crippen LogP contribution >= 0.6 is 0 Å². The molecule has 0 aliphatic carbocycles. The third-order valence-corrected chi connectivity index (χ3v) is 5.45. The van der Waals surface area contributed by atoms with Gasteiger partial charge in [0.2, 0.25) is 5.91 Å². The van der Waals surface area contributed by atoms with Crippen LogP contribution in [0.2, 0.25) is 0 Å². The van der Waals surface area contributed by atoms with Gasteiger partial charge in [-0.25, -0.2) is 14.8 Å². The summed E-state index contributed by atoms with van der Waals surface area (Å²) in [4.78, 5) is 33.3. The van der Waals surface area contributed by atoms with Crippen molar-refractivity contribution in [1.82, 2.24) is 0 Å². The highest BCUT2D eigenvalue weighted by atomic mass is 16.5. The molecule has 5 rings (SSSR count). The second-order valence-electron chi connectivity index (χ2n) is 7.28. The molecule has 1 amide bonds. The monoisotopic (exact) mass is 395 g/mol. The van der Waals surface area contributed by atoms with Crippen LogP contribution in [0.1, 0.15) is 28.4 Å². The van der Waals surface area contributed by atoms with E-state index in [4.69, 9.17) is 15.5 Å². The molecule has 0 bridgehead atoms. The van der Waals surface area contributed by atoms with Gasteiger partial charge in [0.1, 0.15) is 5.75 Å². The first-order valence-corrected chi connectivity index (χ1v) is 9.48. The molecule has 0 radical (unpaired) electrons. The Morgan fingerprint density at radius 2 is 1.67 bits per heavy atom. The van der Waals surface area contributed by atoms with E-state index >= 15 is 0 Å². The Labute approximate surface area is 172 Å². The summed E-state index contributed by atoms with van der Waals surface area (Å²) in [5.74, 6) is -0.768. The summed E-state index contributed by atoms with van der Waals surface area (Å²) in [7, 11) is 0.